The molecule has 156 valence electrons. The molecule has 6 nitrogen and oxygen atoms in total. The molecule has 0 aliphatic carbocycles. The molecular weight excluding hydrogens is 366 g/mol. The van der Waals surface area contributed by atoms with Crippen LogP contribution in [0.1, 0.15) is 12.5 Å². The van der Waals surface area contributed by atoms with Gasteiger partial charge in [0.15, 0.2) is 0 Å². The third-order valence-corrected chi connectivity index (χ3v) is 5.67. The number of rotatable bonds is 7. The van der Waals surface area contributed by atoms with Gasteiger partial charge in [0, 0.05) is 51.0 Å². The number of benzene rings is 2. The minimum Gasteiger partial charge on any atom is -0.497 e. The molecule has 0 aromatic heterocycles. The van der Waals surface area contributed by atoms with Crippen LogP contribution in [0.25, 0.3) is 0 Å². The summed E-state index contributed by atoms with van der Waals surface area (Å²) in [6, 6.07) is 15.5. The first-order valence-electron chi connectivity index (χ1n) is 10.0. The maximum Gasteiger partial charge on any atom is 0.243 e. The smallest absolute Gasteiger partial charge is 0.243 e. The van der Waals surface area contributed by atoms with Crippen molar-refractivity contribution in [2.45, 2.75) is 19.5 Å². The number of carbonyl (C=O) groups is 1. The highest BCUT2D eigenvalue weighted by Gasteiger charge is 2.28. The van der Waals surface area contributed by atoms with E-state index in [4.69, 9.17) is 9.47 Å². The van der Waals surface area contributed by atoms with Gasteiger partial charge in [-0.05, 0) is 37.3 Å². The number of amides is 1. The van der Waals surface area contributed by atoms with Gasteiger partial charge in [0.2, 0.25) is 5.91 Å². The van der Waals surface area contributed by atoms with Gasteiger partial charge in [-0.2, -0.15) is 0 Å². The second-order valence-electron chi connectivity index (χ2n) is 7.40. The molecule has 2 aromatic carbocycles. The van der Waals surface area contributed by atoms with Crippen molar-refractivity contribution in [1.82, 2.24) is 9.80 Å². The summed E-state index contributed by atoms with van der Waals surface area (Å²) in [5.74, 6) is 1.84. The average Bonchev–Trinajstić information content (AvgIpc) is 2.78. The molecule has 1 amide bonds. The summed E-state index contributed by atoms with van der Waals surface area (Å²) in [4.78, 5) is 19.3. The minimum atomic E-state index is -0.145. The maximum absolute atomic E-state index is 12.9. The fraction of sp³-hybridized carbons (Fsp3) is 0.435. The molecule has 1 aliphatic heterocycles. The zero-order chi connectivity index (χ0) is 20.8. The Morgan fingerprint density at radius 3 is 2.34 bits per heavy atom. The number of hydrogen-bond donors (Lipinski definition) is 0. The van der Waals surface area contributed by atoms with Crippen molar-refractivity contribution in [2.75, 3.05) is 52.3 Å². The van der Waals surface area contributed by atoms with Gasteiger partial charge in [0.1, 0.15) is 11.5 Å². The first kappa shape index (κ1) is 21.1. The number of piperazine rings is 1. The van der Waals surface area contributed by atoms with Crippen molar-refractivity contribution in [1.29, 1.82) is 0 Å². The van der Waals surface area contributed by atoms with E-state index in [0.29, 0.717) is 0 Å². The lowest BCUT2D eigenvalue weighted by Crippen LogP contribution is -2.53. The standard InChI is InChI=1S/C23H31N3O3/c1-18(23(27)24(2)20-8-6-5-7-9-20)26-14-12-25(13-15-26)17-19-16-21(28-3)10-11-22(19)29-4/h5-11,16,18H,12-15,17H2,1-4H3/t18-/m0/s1. The van der Waals surface area contributed by atoms with Crippen LogP contribution in [0.15, 0.2) is 48.5 Å². The summed E-state index contributed by atoms with van der Waals surface area (Å²) >= 11 is 0. The van der Waals surface area contributed by atoms with Crippen molar-refractivity contribution < 1.29 is 14.3 Å². The minimum absolute atomic E-state index is 0.124. The van der Waals surface area contributed by atoms with Crippen LogP contribution in [0, 0.1) is 0 Å². The summed E-state index contributed by atoms with van der Waals surface area (Å²) in [5, 5.41) is 0. The van der Waals surface area contributed by atoms with Gasteiger partial charge in [-0.15, -0.1) is 0 Å². The molecule has 2 aromatic rings. The van der Waals surface area contributed by atoms with Gasteiger partial charge >= 0.3 is 0 Å². The molecule has 0 N–H and O–H groups in total. The topological polar surface area (TPSA) is 45.3 Å². The molecule has 3 rings (SSSR count). The van der Waals surface area contributed by atoms with Crippen LogP contribution in [-0.4, -0.2) is 69.2 Å². The molecule has 0 unspecified atom stereocenters. The van der Waals surface area contributed by atoms with Crippen molar-refractivity contribution in [3.63, 3.8) is 0 Å². The first-order valence-corrected chi connectivity index (χ1v) is 10.0. The lowest BCUT2D eigenvalue weighted by atomic mass is 10.1. The Balaban J connectivity index is 1.57. The second kappa shape index (κ2) is 9.76. The summed E-state index contributed by atoms with van der Waals surface area (Å²) in [6.07, 6.45) is 0. The van der Waals surface area contributed by atoms with E-state index < -0.39 is 0 Å². The first-order chi connectivity index (χ1) is 14.0. The van der Waals surface area contributed by atoms with E-state index in [1.165, 1.54) is 0 Å². The van der Waals surface area contributed by atoms with Crippen LogP contribution in [0.4, 0.5) is 5.69 Å². The van der Waals surface area contributed by atoms with Gasteiger partial charge in [-0.25, -0.2) is 0 Å². The molecule has 0 saturated carbocycles. The Morgan fingerprint density at radius 1 is 1.03 bits per heavy atom. The number of nitrogens with zero attached hydrogens (tertiary/aromatic N) is 3. The van der Waals surface area contributed by atoms with Gasteiger partial charge in [0.05, 0.1) is 20.3 Å². The highest BCUT2D eigenvalue weighted by atomic mass is 16.5. The van der Waals surface area contributed by atoms with Crippen LogP contribution in [0.2, 0.25) is 0 Å². The van der Waals surface area contributed by atoms with Crippen molar-refractivity contribution in [3.8, 4) is 11.5 Å². The highest BCUT2D eigenvalue weighted by Crippen LogP contribution is 2.26. The predicted molar refractivity (Wildman–Crippen MR) is 116 cm³/mol. The van der Waals surface area contributed by atoms with Crippen molar-refractivity contribution in [2.24, 2.45) is 0 Å². The lowest BCUT2D eigenvalue weighted by Gasteiger charge is -2.38. The molecule has 1 atom stereocenters. The van der Waals surface area contributed by atoms with E-state index >= 15 is 0 Å². The Labute approximate surface area is 173 Å². The number of anilines is 1. The number of carbonyl (C=O) groups excluding carboxylic acids is 1. The molecule has 29 heavy (non-hydrogen) atoms. The van der Waals surface area contributed by atoms with E-state index in [1.807, 2.05) is 62.5 Å². The van der Waals surface area contributed by atoms with Gasteiger partial charge in [-0.3, -0.25) is 14.6 Å². The van der Waals surface area contributed by atoms with Crippen LogP contribution in [0.3, 0.4) is 0 Å². The summed E-state index contributed by atoms with van der Waals surface area (Å²) in [6.45, 7) is 6.35. The third-order valence-electron chi connectivity index (χ3n) is 5.67. The Morgan fingerprint density at radius 2 is 1.72 bits per heavy atom. The van der Waals surface area contributed by atoms with Crippen molar-refractivity contribution in [3.05, 3.63) is 54.1 Å². The normalized spacial score (nSPS) is 16.3. The number of methoxy groups -OCH3 is 2. The van der Waals surface area contributed by atoms with E-state index in [0.717, 1.165) is 55.5 Å². The molecule has 1 heterocycles. The lowest BCUT2D eigenvalue weighted by molar-refractivity contribution is -0.123. The summed E-state index contributed by atoms with van der Waals surface area (Å²) in [7, 11) is 5.22. The van der Waals surface area contributed by atoms with Gasteiger partial charge in [0.25, 0.3) is 0 Å². The van der Waals surface area contributed by atoms with Crippen LogP contribution >= 0.6 is 0 Å². The Bertz CT molecular complexity index is 804. The zero-order valence-corrected chi connectivity index (χ0v) is 17.8. The van der Waals surface area contributed by atoms with E-state index in [9.17, 15) is 4.79 Å². The molecular formula is C23H31N3O3. The number of hydrogen-bond acceptors (Lipinski definition) is 5. The van der Waals surface area contributed by atoms with Crippen LogP contribution in [-0.2, 0) is 11.3 Å². The molecule has 6 heteroatoms. The molecule has 0 bridgehead atoms. The molecule has 1 saturated heterocycles. The molecule has 1 aliphatic rings. The Hall–Kier alpha value is -2.57. The van der Waals surface area contributed by atoms with Gasteiger partial charge in [-0.1, -0.05) is 18.2 Å². The number of likely N-dealkylation sites (N-methyl/N-ethyl adjacent to an activating group) is 1. The molecule has 0 spiro atoms. The zero-order valence-electron chi connectivity index (χ0n) is 17.8. The quantitative estimate of drug-likeness (QED) is 0.719. The Kier molecular flexibility index (Phi) is 7.12. The maximum atomic E-state index is 12.9. The summed E-state index contributed by atoms with van der Waals surface area (Å²) < 4.78 is 10.9. The number of para-hydroxylation sites is 1. The third kappa shape index (κ3) is 5.08. The van der Waals surface area contributed by atoms with E-state index in [-0.39, 0.29) is 11.9 Å². The fourth-order valence-electron chi connectivity index (χ4n) is 3.77. The van der Waals surface area contributed by atoms with Crippen LogP contribution in [0.5, 0.6) is 11.5 Å². The monoisotopic (exact) mass is 397 g/mol. The van der Waals surface area contributed by atoms with Crippen molar-refractivity contribution >= 4 is 11.6 Å². The van der Waals surface area contributed by atoms with E-state index in [1.54, 1.807) is 19.1 Å². The number of ether oxygens (including phenoxy) is 2. The summed E-state index contributed by atoms with van der Waals surface area (Å²) in [5.41, 5.74) is 2.04. The fourth-order valence-corrected chi connectivity index (χ4v) is 3.77. The highest BCUT2D eigenvalue weighted by molar-refractivity contribution is 5.96. The van der Waals surface area contributed by atoms with E-state index in [2.05, 4.69) is 9.80 Å². The largest absolute Gasteiger partial charge is 0.497 e. The molecule has 0 radical (unpaired) electrons. The van der Waals surface area contributed by atoms with Crippen LogP contribution < -0.4 is 14.4 Å². The average molecular weight is 398 g/mol. The molecule has 1 fully saturated rings. The van der Waals surface area contributed by atoms with Gasteiger partial charge < -0.3 is 14.4 Å². The second-order valence-corrected chi connectivity index (χ2v) is 7.40. The SMILES string of the molecule is COc1ccc(OC)c(CN2CCN([C@@H](C)C(=O)N(C)c3ccccc3)CC2)c1. The predicted octanol–water partition coefficient (Wildman–Crippen LogP) is 2.87.